The predicted octanol–water partition coefficient (Wildman–Crippen LogP) is 5.21. The summed E-state index contributed by atoms with van der Waals surface area (Å²) in [4.78, 5) is 15.3. The lowest BCUT2D eigenvalue weighted by Gasteiger charge is -2.38. The van der Waals surface area contributed by atoms with Crippen LogP contribution in [0.3, 0.4) is 0 Å². The van der Waals surface area contributed by atoms with Gasteiger partial charge in [-0.05, 0) is 48.1 Å². The van der Waals surface area contributed by atoms with Crippen LogP contribution in [-0.2, 0) is 24.1 Å². The fourth-order valence-electron chi connectivity index (χ4n) is 4.51. The van der Waals surface area contributed by atoms with Gasteiger partial charge in [0.1, 0.15) is 11.3 Å². The summed E-state index contributed by atoms with van der Waals surface area (Å²) in [6.07, 6.45) is 1.75. The number of esters is 1. The minimum atomic E-state index is -0.325. The molecule has 31 heavy (non-hydrogen) atoms. The monoisotopic (exact) mass is 415 g/mol. The number of hydrogen-bond acceptors (Lipinski definition) is 4. The zero-order valence-electron chi connectivity index (χ0n) is 18.2. The lowest BCUT2D eigenvalue weighted by Crippen LogP contribution is -2.36. The van der Waals surface area contributed by atoms with Crippen molar-refractivity contribution in [3.8, 4) is 5.75 Å². The summed E-state index contributed by atoms with van der Waals surface area (Å²) in [5, 5.41) is 0. The maximum atomic E-state index is 12.8. The predicted molar refractivity (Wildman–Crippen MR) is 122 cm³/mol. The molecule has 1 atom stereocenters. The molecule has 0 aromatic heterocycles. The molecule has 0 saturated heterocycles. The highest BCUT2D eigenvalue weighted by molar-refractivity contribution is 5.94. The van der Waals surface area contributed by atoms with Crippen LogP contribution in [0.15, 0.2) is 72.8 Å². The maximum Gasteiger partial charge on any atom is 0.342 e. The molecule has 3 aromatic carbocycles. The zero-order chi connectivity index (χ0) is 21.6. The minimum absolute atomic E-state index is 0.172. The number of nitrogens with zero attached hydrogens (tertiary/aromatic N) is 1. The van der Waals surface area contributed by atoms with E-state index in [-0.39, 0.29) is 12.0 Å². The van der Waals surface area contributed by atoms with Gasteiger partial charge < -0.3 is 9.47 Å². The van der Waals surface area contributed by atoms with Crippen molar-refractivity contribution in [3.63, 3.8) is 0 Å². The Morgan fingerprint density at radius 1 is 1.00 bits per heavy atom. The third kappa shape index (κ3) is 4.64. The molecule has 0 amide bonds. The summed E-state index contributed by atoms with van der Waals surface area (Å²) >= 11 is 0. The third-order valence-electron chi connectivity index (χ3n) is 5.98. The van der Waals surface area contributed by atoms with Gasteiger partial charge in [0.05, 0.1) is 13.7 Å². The molecule has 1 aliphatic rings. The van der Waals surface area contributed by atoms with Crippen molar-refractivity contribution < 1.29 is 14.3 Å². The highest BCUT2D eigenvalue weighted by Gasteiger charge is 2.29. The highest BCUT2D eigenvalue weighted by Crippen LogP contribution is 2.36. The molecule has 0 radical (unpaired) electrons. The highest BCUT2D eigenvalue weighted by atomic mass is 16.5. The Morgan fingerprint density at radius 3 is 2.55 bits per heavy atom. The number of methoxy groups -OCH3 is 1. The number of benzene rings is 3. The fourth-order valence-corrected chi connectivity index (χ4v) is 4.51. The summed E-state index contributed by atoms with van der Waals surface area (Å²) in [6, 6.07) is 25.2. The fraction of sp³-hybridized carbons (Fsp3) is 0.296. The Morgan fingerprint density at radius 2 is 1.77 bits per heavy atom. The number of hydrogen-bond donors (Lipinski definition) is 0. The average molecular weight is 416 g/mol. The summed E-state index contributed by atoms with van der Waals surface area (Å²) < 4.78 is 10.9. The summed E-state index contributed by atoms with van der Waals surface area (Å²) in [7, 11) is 1.60. The van der Waals surface area contributed by atoms with Crippen LogP contribution in [0.2, 0.25) is 0 Å². The van der Waals surface area contributed by atoms with E-state index in [4.69, 9.17) is 9.47 Å². The molecule has 0 bridgehead atoms. The standard InChI is InChI=1S/C27H29NO3/c1-3-31-27(29)26-22(13-9-15-25(26)30-2)18-24-23-14-8-7-12-21(23)16-17-28(24)19-20-10-5-4-6-11-20/h4-15,24H,3,16-19H2,1-2H3. The SMILES string of the molecule is CCOC(=O)c1c(CC2c3ccccc3CCN2Cc2ccccc2)cccc1OC. The Bertz CT molecular complexity index is 1030. The van der Waals surface area contributed by atoms with Crippen LogP contribution in [0.5, 0.6) is 5.75 Å². The van der Waals surface area contributed by atoms with Gasteiger partial charge in [-0.1, -0.05) is 66.7 Å². The van der Waals surface area contributed by atoms with Gasteiger partial charge >= 0.3 is 5.97 Å². The Balaban J connectivity index is 1.72. The van der Waals surface area contributed by atoms with E-state index in [1.54, 1.807) is 7.11 Å². The maximum absolute atomic E-state index is 12.8. The Labute approximate surface area is 184 Å². The number of fused-ring (bicyclic) bond motifs is 1. The van der Waals surface area contributed by atoms with Gasteiger partial charge in [-0.25, -0.2) is 4.79 Å². The normalized spacial score (nSPS) is 15.9. The van der Waals surface area contributed by atoms with Crippen LogP contribution in [0.1, 0.15) is 45.6 Å². The van der Waals surface area contributed by atoms with E-state index in [9.17, 15) is 4.79 Å². The van der Waals surface area contributed by atoms with Crippen LogP contribution in [0.4, 0.5) is 0 Å². The van der Waals surface area contributed by atoms with Crippen LogP contribution >= 0.6 is 0 Å². The van der Waals surface area contributed by atoms with Crippen molar-refractivity contribution in [2.24, 2.45) is 0 Å². The molecule has 1 heterocycles. The topological polar surface area (TPSA) is 38.8 Å². The molecule has 1 aliphatic heterocycles. The van der Waals surface area contributed by atoms with E-state index < -0.39 is 0 Å². The molecule has 0 fully saturated rings. The van der Waals surface area contributed by atoms with Crippen molar-refractivity contribution >= 4 is 5.97 Å². The van der Waals surface area contributed by atoms with Crippen molar-refractivity contribution in [2.75, 3.05) is 20.3 Å². The van der Waals surface area contributed by atoms with E-state index in [0.29, 0.717) is 17.9 Å². The molecule has 0 N–H and O–H groups in total. The number of carbonyl (C=O) groups excluding carboxylic acids is 1. The van der Waals surface area contributed by atoms with Crippen LogP contribution < -0.4 is 4.74 Å². The number of ether oxygens (including phenoxy) is 2. The van der Waals surface area contributed by atoms with Gasteiger partial charge in [-0.2, -0.15) is 0 Å². The number of rotatable bonds is 7. The quantitative estimate of drug-likeness (QED) is 0.496. The van der Waals surface area contributed by atoms with Gasteiger partial charge in [0.2, 0.25) is 0 Å². The summed E-state index contributed by atoms with van der Waals surface area (Å²) in [6.45, 7) is 4.02. The van der Waals surface area contributed by atoms with Gasteiger partial charge in [0.15, 0.2) is 0 Å². The molecule has 1 unspecified atom stereocenters. The van der Waals surface area contributed by atoms with E-state index in [0.717, 1.165) is 31.5 Å². The Kier molecular flexibility index (Phi) is 6.68. The van der Waals surface area contributed by atoms with Crippen molar-refractivity contribution in [1.29, 1.82) is 0 Å². The van der Waals surface area contributed by atoms with Gasteiger partial charge in [0, 0.05) is 19.1 Å². The third-order valence-corrected chi connectivity index (χ3v) is 5.98. The largest absolute Gasteiger partial charge is 0.496 e. The zero-order valence-corrected chi connectivity index (χ0v) is 18.2. The first-order valence-corrected chi connectivity index (χ1v) is 10.9. The second-order valence-corrected chi connectivity index (χ2v) is 7.84. The molecule has 0 aliphatic carbocycles. The summed E-state index contributed by atoms with van der Waals surface area (Å²) in [5.41, 5.74) is 5.51. The van der Waals surface area contributed by atoms with Crippen LogP contribution in [0, 0.1) is 0 Å². The molecule has 4 nitrogen and oxygen atoms in total. The van der Waals surface area contributed by atoms with E-state index in [1.807, 2.05) is 31.2 Å². The first-order valence-electron chi connectivity index (χ1n) is 10.9. The molecule has 4 rings (SSSR count). The second kappa shape index (κ2) is 9.80. The van der Waals surface area contributed by atoms with Crippen LogP contribution in [-0.4, -0.2) is 31.1 Å². The molecule has 3 aromatic rings. The minimum Gasteiger partial charge on any atom is -0.496 e. The molecule has 0 saturated carbocycles. The molecule has 160 valence electrons. The van der Waals surface area contributed by atoms with Crippen molar-refractivity contribution in [1.82, 2.24) is 4.90 Å². The first kappa shape index (κ1) is 21.1. The van der Waals surface area contributed by atoms with Crippen molar-refractivity contribution in [3.05, 3.63) is 101 Å². The first-order chi connectivity index (χ1) is 15.2. The Hall–Kier alpha value is -3.11. The van der Waals surface area contributed by atoms with E-state index in [2.05, 4.69) is 53.4 Å². The van der Waals surface area contributed by atoms with Gasteiger partial charge in [-0.3, -0.25) is 4.90 Å². The molecular weight excluding hydrogens is 386 g/mol. The van der Waals surface area contributed by atoms with Crippen molar-refractivity contribution in [2.45, 2.75) is 32.4 Å². The van der Waals surface area contributed by atoms with Gasteiger partial charge in [0.25, 0.3) is 0 Å². The van der Waals surface area contributed by atoms with E-state index in [1.165, 1.54) is 16.7 Å². The molecule has 0 spiro atoms. The lowest BCUT2D eigenvalue weighted by molar-refractivity contribution is 0.0520. The average Bonchev–Trinajstić information content (AvgIpc) is 2.81. The molecular formula is C27H29NO3. The summed E-state index contributed by atoms with van der Waals surface area (Å²) in [5.74, 6) is 0.239. The second-order valence-electron chi connectivity index (χ2n) is 7.84. The van der Waals surface area contributed by atoms with Crippen LogP contribution in [0.25, 0.3) is 0 Å². The van der Waals surface area contributed by atoms with Gasteiger partial charge in [-0.15, -0.1) is 0 Å². The van der Waals surface area contributed by atoms with E-state index >= 15 is 0 Å². The smallest absolute Gasteiger partial charge is 0.342 e. The lowest BCUT2D eigenvalue weighted by atomic mass is 9.87. The number of carbonyl (C=O) groups is 1. The molecule has 4 heteroatoms.